The molecule has 0 bridgehead atoms. The Kier molecular flexibility index (Phi) is 9.45. The van der Waals surface area contributed by atoms with Gasteiger partial charge in [-0.15, -0.1) is 0 Å². The van der Waals surface area contributed by atoms with E-state index < -0.39 is 12.1 Å². The molecule has 0 spiro atoms. The molecule has 2 aromatic rings. The smallest absolute Gasteiger partial charge is 0.259 e. The van der Waals surface area contributed by atoms with Gasteiger partial charge >= 0.3 is 0 Å². The zero-order valence-electron chi connectivity index (χ0n) is 23.3. The molecule has 3 atom stereocenters. The lowest BCUT2D eigenvalue weighted by atomic mass is 9.99. The minimum atomic E-state index is -0.416. The Morgan fingerprint density at radius 3 is 2.37 bits per heavy atom. The van der Waals surface area contributed by atoms with Gasteiger partial charge in [0.2, 0.25) is 11.8 Å². The quantitative estimate of drug-likeness (QED) is 0.559. The number of amides is 3. The van der Waals surface area contributed by atoms with Crippen molar-refractivity contribution in [1.29, 1.82) is 0 Å². The molecular weight excluding hydrogens is 486 g/mol. The zero-order valence-corrected chi connectivity index (χ0v) is 23.3. The minimum Gasteiger partial charge on any atom is -0.472 e. The highest BCUT2D eigenvalue weighted by Crippen LogP contribution is 2.30. The Morgan fingerprint density at radius 1 is 1.13 bits per heavy atom. The molecule has 0 saturated carbocycles. The SMILES string of the molecule is C[C@@H]1CN([C@@H](C)CO)C(=O)c2cc(-c3ccc(C(=O)N(C)C)cc3)cnc2O[C@@H]1CN(C)C(=O)CN(C)C. The van der Waals surface area contributed by atoms with E-state index in [1.165, 1.54) is 4.90 Å². The molecule has 3 rings (SSSR count). The number of hydrogen-bond donors (Lipinski definition) is 1. The predicted molar refractivity (Wildman–Crippen MR) is 145 cm³/mol. The van der Waals surface area contributed by atoms with Crippen molar-refractivity contribution >= 4 is 17.7 Å². The highest BCUT2D eigenvalue weighted by molar-refractivity contribution is 5.98. The Morgan fingerprint density at radius 2 is 1.79 bits per heavy atom. The minimum absolute atomic E-state index is 0.0377. The van der Waals surface area contributed by atoms with Crippen LogP contribution >= 0.6 is 0 Å². The first-order valence-corrected chi connectivity index (χ1v) is 12.7. The molecule has 1 aromatic heterocycles. The highest BCUT2D eigenvalue weighted by Gasteiger charge is 2.34. The number of rotatable bonds is 8. The normalized spacial score (nSPS) is 18.2. The van der Waals surface area contributed by atoms with Gasteiger partial charge in [0.05, 0.1) is 25.7 Å². The number of carbonyl (C=O) groups is 3. The summed E-state index contributed by atoms with van der Waals surface area (Å²) in [5, 5.41) is 9.88. The first-order chi connectivity index (χ1) is 17.9. The lowest BCUT2D eigenvalue weighted by Crippen LogP contribution is -2.51. The van der Waals surface area contributed by atoms with E-state index in [1.807, 2.05) is 38.1 Å². The average molecular weight is 526 g/mol. The number of likely N-dealkylation sites (N-methyl/N-ethyl adjacent to an activating group) is 2. The molecule has 38 heavy (non-hydrogen) atoms. The van der Waals surface area contributed by atoms with Crippen LogP contribution in [0.15, 0.2) is 36.5 Å². The molecule has 0 radical (unpaired) electrons. The molecule has 10 heteroatoms. The van der Waals surface area contributed by atoms with E-state index in [-0.39, 0.29) is 48.2 Å². The van der Waals surface area contributed by atoms with Crippen molar-refractivity contribution in [3.05, 3.63) is 47.7 Å². The molecule has 10 nitrogen and oxygen atoms in total. The van der Waals surface area contributed by atoms with Gasteiger partial charge in [-0.05, 0) is 44.8 Å². The molecule has 1 aromatic carbocycles. The summed E-state index contributed by atoms with van der Waals surface area (Å²) in [6, 6.07) is 8.44. The van der Waals surface area contributed by atoms with Gasteiger partial charge in [-0.25, -0.2) is 4.98 Å². The summed E-state index contributed by atoms with van der Waals surface area (Å²) in [5.41, 5.74) is 2.34. The van der Waals surface area contributed by atoms with Gasteiger partial charge in [-0.2, -0.15) is 0 Å². The summed E-state index contributed by atoms with van der Waals surface area (Å²) in [7, 11) is 8.81. The average Bonchev–Trinajstić information content (AvgIpc) is 2.89. The van der Waals surface area contributed by atoms with E-state index >= 15 is 0 Å². The van der Waals surface area contributed by atoms with Crippen LogP contribution < -0.4 is 4.74 Å². The molecule has 0 fully saturated rings. The topological polar surface area (TPSA) is 107 Å². The predicted octanol–water partition coefficient (Wildman–Crippen LogP) is 1.69. The van der Waals surface area contributed by atoms with Gasteiger partial charge in [0.15, 0.2) is 0 Å². The standard InChI is InChI=1S/C28H39N5O5/c1-18-14-33(19(2)17-34)28(37)23-12-22(20-8-10-21(11-9-20)27(36)31(5)6)13-29-26(23)38-24(18)15-32(7)25(35)16-30(3)4/h8-13,18-19,24,34H,14-17H2,1-7H3/t18-,19+,24-/m1/s1. The fraction of sp³-hybridized carbons (Fsp3) is 0.500. The van der Waals surface area contributed by atoms with Crippen LogP contribution in [0, 0.1) is 5.92 Å². The summed E-state index contributed by atoms with van der Waals surface area (Å²) in [6.07, 6.45) is 1.22. The lowest BCUT2D eigenvalue weighted by molar-refractivity contribution is -0.132. The number of pyridine rings is 1. The molecule has 1 N–H and O–H groups in total. The molecule has 1 aliphatic heterocycles. The third-order valence-electron chi connectivity index (χ3n) is 6.72. The fourth-order valence-corrected chi connectivity index (χ4v) is 4.30. The van der Waals surface area contributed by atoms with Crippen molar-refractivity contribution in [3.63, 3.8) is 0 Å². The summed E-state index contributed by atoms with van der Waals surface area (Å²) < 4.78 is 6.30. The number of benzene rings is 1. The van der Waals surface area contributed by atoms with E-state index in [4.69, 9.17) is 4.74 Å². The van der Waals surface area contributed by atoms with Crippen LogP contribution in [0.4, 0.5) is 0 Å². The van der Waals surface area contributed by atoms with E-state index in [1.54, 1.807) is 62.3 Å². The van der Waals surface area contributed by atoms with Crippen molar-refractivity contribution in [2.24, 2.45) is 5.92 Å². The first kappa shape index (κ1) is 29.1. The van der Waals surface area contributed by atoms with Gasteiger partial charge < -0.3 is 29.4 Å². The number of fused-ring (bicyclic) bond motifs is 1. The summed E-state index contributed by atoms with van der Waals surface area (Å²) >= 11 is 0. The van der Waals surface area contributed by atoms with Crippen LogP contribution in [0.1, 0.15) is 34.6 Å². The van der Waals surface area contributed by atoms with Gasteiger partial charge in [0.25, 0.3) is 11.8 Å². The molecule has 3 amide bonds. The molecule has 0 saturated heterocycles. The van der Waals surface area contributed by atoms with Crippen LogP contribution in [-0.4, -0.2) is 121 Å². The number of carbonyl (C=O) groups excluding carboxylic acids is 3. The molecule has 0 aliphatic carbocycles. The summed E-state index contributed by atoms with van der Waals surface area (Å²) in [4.78, 5) is 49.6. The Bertz CT molecular complexity index is 1150. The Hall–Kier alpha value is -3.50. The molecular formula is C28H39N5O5. The van der Waals surface area contributed by atoms with E-state index in [0.29, 0.717) is 24.2 Å². The maximum Gasteiger partial charge on any atom is 0.259 e. The van der Waals surface area contributed by atoms with Crippen molar-refractivity contribution in [3.8, 4) is 17.0 Å². The number of hydrogen-bond acceptors (Lipinski definition) is 7. The second kappa shape index (κ2) is 12.4. The number of ether oxygens (including phenoxy) is 1. The van der Waals surface area contributed by atoms with Gasteiger partial charge in [0.1, 0.15) is 11.7 Å². The number of aromatic nitrogens is 1. The Balaban J connectivity index is 1.98. The van der Waals surface area contributed by atoms with Gasteiger partial charge in [-0.3, -0.25) is 14.4 Å². The molecule has 0 unspecified atom stereocenters. The largest absolute Gasteiger partial charge is 0.472 e. The van der Waals surface area contributed by atoms with Crippen molar-refractivity contribution in [2.45, 2.75) is 26.0 Å². The molecule has 1 aliphatic rings. The maximum atomic E-state index is 13.7. The van der Waals surface area contributed by atoms with Crippen LogP contribution in [0.2, 0.25) is 0 Å². The second-order valence-electron chi connectivity index (χ2n) is 10.5. The maximum absolute atomic E-state index is 13.7. The van der Waals surface area contributed by atoms with Gasteiger partial charge in [-0.1, -0.05) is 19.1 Å². The molecule has 206 valence electrons. The third kappa shape index (κ3) is 6.68. The number of nitrogens with zero attached hydrogens (tertiary/aromatic N) is 5. The third-order valence-corrected chi connectivity index (χ3v) is 6.72. The zero-order chi connectivity index (χ0) is 28.1. The number of aliphatic hydroxyl groups is 1. The van der Waals surface area contributed by atoms with Crippen molar-refractivity contribution in [1.82, 2.24) is 24.6 Å². The van der Waals surface area contributed by atoms with Gasteiger partial charge in [0, 0.05) is 50.9 Å². The van der Waals surface area contributed by atoms with Crippen molar-refractivity contribution in [2.75, 3.05) is 61.5 Å². The van der Waals surface area contributed by atoms with Crippen LogP contribution in [0.3, 0.4) is 0 Å². The van der Waals surface area contributed by atoms with Crippen LogP contribution in [-0.2, 0) is 4.79 Å². The monoisotopic (exact) mass is 525 g/mol. The Labute approximate surface area is 224 Å². The van der Waals surface area contributed by atoms with E-state index in [9.17, 15) is 19.5 Å². The summed E-state index contributed by atoms with van der Waals surface area (Å²) in [6.45, 7) is 4.54. The van der Waals surface area contributed by atoms with Crippen molar-refractivity contribution < 1.29 is 24.2 Å². The van der Waals surface area contributed by atoms with E-state index in [2.05, 4.69) is 4.98 Å². The number of aliphatic hydroxyl groups excluding tert-OH is 1. The fourth-order valence-electron chi connectivity index (χ4n) is 4.30. The second-order valence-corrected chi connectivity index (χ2v) is 10.5. The summed E-state index contributed by atoms with van der Waals surface area (Å²) in [5.74, 6) is -0.349. The van der Waals surface area contributed by atoms with Crippen LogP contribution in [0.5, 0.6) is 5.88 Å². The molecule has 2 heterocycles. The first-order valence-electron chi connectivity index (χ1n) is 12.7. The highest BCUT2D eigenvalue weighted by atomic mass is 16.5. The lowest BCUT2D eigenvalue weighted by Gasteiger charge is -2.37. The van der Waals surface area contributed by atoms with E-state index in [0.717, 1.165) is 5.56 Å². The van der Waals surface area contributed by atoms with Crippen LogP contribution in [0.25, 0.3) is 11.1 Å².